The lowest BCUT2D eigenvalue weighted by Gasteiger charge is -2.42. The summed E-state index contributed by atoms with van der Waals surface area (Å²) in [6.07, 6.45) is 8.87. The van der Waals surface area contributed by atoms with Crippen molar-refractivity contribution in [1.82, 2.24) is 35.3 Å². The Balaban J connectivity index is 0.683. The van der Waals surface area contributed by atoms with E-state index in [1.54, 1.807) is 24.5 Å². The van der Waals surface area contributed by atoms with Crippen molar-refractivity contribution in [3.8, 4) is 17.1 Å². The van der Waals surface area contributed by atoms with Crippen molar-refractivity contribution in [3.05, 3.63) is 59.4 Å². The fraction of sp³-hybridized carbons (Fsp3) is 0.556. The molecule has 10 rings (SSSR count). The van der Waals surface area contributed by atoms with Gasteiger partial charge in [-0.15, -0.1) is 0 Å². The van der Waals surface area contributed by atoms with Crippen molar-refractivity contribution in [2.45, 2.75) is 101 Å². The number of ether oxygens (including phenoxy) is 1. The number of amides is 3. The molecule has 5 fully saturated rings. The van der Waals surface area contributed by atoms with E-state index in [0.29, 0.717) is 60.9 Å². The van der Waals surface area contributed by atoms with Gasteiger partial charge in [0.25, 0.3) is 5.91 Å². The lowest BCUT2D eigenvalue weighted by Crippen LogP contribution is -2.52. The van der Waals surface area contributed by atoms with Crippen LogP contribution in [0.5, 0.6) is 5.75 Å². The number of aromatic nitrogens is 4. The third-order valence-electron chi connectivity index (χ3n) is 14.3. The summed E-state index contributed by atoms with van der Waals surface area (Å²) in [6, 6.07) is 7.60. The third kappa shape index (κ3) is 7.91. The third-order valence-corrected chi connectivity index (χ3v) is 14.3. The van der Waals surface area contributed by atoms with Crippen molar-refractivity contribution >= 4 is 40.1 Å². The molecule has 2 aromatic heterocycles. The van der Waals surface area contributed by atoms with Crippen LogP contribution in [0.2, 0.25) is 0 Å². The van der Waals surface area contributed by atoms with Crippen LogP contribution in [0.4, 0.5) is 24.7 Å². The summed E-state index contributed by atoms with van der Waals surface area (Å²) in [5.74, 6) is -0.328. The predicted molar refractivity (Wildman–Crippen MR) is 222 cm³/mol. The number of nitrogens with one attached hydrogen (secondary N) is 2. The van der Waals surface area contributed by atoms with Crippen molar-refractivity contribution in [3.63, 3.8) is 0 Å². The molecule has 1 aliphatic carbocycles. The molecule has 322 valence electrons. The molecule has 0 bridgehead atoms. The molecule has 13 nitrogen and oxygen atoms in total. The van der Waals surface area contributed by atoms with E-state index in [4.69, 9.17) is 4.74 Å². The highest BCUT2D eigenvalue weighted by Crippen LogP contribution is 2.43. The molecule has 4 aromatic rings. The van der Waals surface area contributed by atoms with Crippen LogP contribution in [0.25, 0.3) is 22.3 Å². The van der Waals surface area contributed by atoms with Gasteiger partial charge in [-0.2, -0.15) is 5.10 Å². The summed E-state index contributed by atoms with van der Waals surface area (Å²) in [4.78, 5) is 54.4. The van der Waals surface area contributed by atoms with Crippen LogP contribution >= 0.6 is 0 Å². The molecule has 5 aliphatic heterocycles. The van der Waals surface area contributed by atoms with Gasteiger partial charge < -0.3 is 24.3 Å². The Kier molecular flexibility index (Phi) is 10.2. The summed E-state index contributed by atoms with van der Waals surface area (Å²) in [6.45, 7) is 7.37. The Hall–Kier alpha value is -5.25. The number of alkyl halides is 1. The lowest BCUT2D eigenvalue weighted by molar-refractivity contribution is -0.136. The first-order valence-electron chi connectivity index (χ1n) is 22.0. The zero-order valence-corrected chi connectivity index (χ0v) is 34.5. The summed E-state index contributed by atoms with van der Waals surface area (Å²) < 4.78 is 53.1. The predicted octanol–water partition coefficient (Wildman–Crippen LogP) is 6.32. The van der Waals surface area contributed by atoms with E-state index in [1.165, 1.54) is 11.0 Å². The Morgan fingerprint density at radius 3 is 2.34 bits per heavy atom. The summed E-state index contributed by atoms with van der Waals surface area (Å²) in [5.41, 5.74) is 1.36. The molecule has 16 heteroatoms. The van der Waals surface area contributed by atoms with Gasteiger partial charge in [-0.1, -0.05) is 0 Å². The first-order valence-corrected chi connectivity index (χ1v) is 22.0. The van der Waals surface area contributed by atoms with Gasteiger partial charge in [0.1, 0.15) is 35.2 Å². The number of likely N-dealkylation sites (tertiary alicyclic amines) is 1. The summed E-state index contributed by atoms with van der Waals surface area (Å²) >= 11 is 0. The average molecular weight is 840 g/mol. The highest BCUT2D eigenvalue weighted by molar-refractivity contribution is 6.05. The first-order chi connectivity index (χ1) is 29.4. The topological polar surface area (TPSA) is 140 Å². The van der Waals surface area contributed by atoms with Crippen LogP contribution in [-0.2, 0) is 16.1 Å². The zero-order valence-electron chi connectivity index (χ0n) is 34.5. The number of rotatable bonds is 10. The maximum atomic E-state index is 16.4. The minimum atomic E-state index is -1.20. The molecule has 61 heavy (non-hydrogen) atoms. The smallest absolute Gasteiger partial charge is 0.255 e. The van der Waals surface area contributed by atoms with Crippen LogP contribution in [0.1, 0.15) is 93.5 Å². The number of hydrogen-bond acceptors (Lipinski definition) is 10. The van der Waals surface area contributed by atoms with E-state index in [9.17, 15) is 18.8 Å². The molecular formula is C45H52F3N9O4. The number of anilines is 2. The van der Waals surface area contributed by atoms with E-state index in [2.05, 4.69) is 35.3 Å². The van der Waals surface area contributed by atoms with Crippen molar-refractivity contribution in [2.75, 3.05) is 55.6 Å². The van der Waals surface area contributed by atoms with E-state index in [0.717, 1.165) is 82.5 Å². The maximum absolute atomic E-state index is 16.4. The number of fused-ring (bicyclic) bond motifs is 2. The molecule has 1 atom stereocenters. The number of imide groups is 1. The van der Waals surface area contributed by atoms with Gasteiger partial charge in [-0.25, -0.2) is 23.1 Å². The van der Waals surface area contributed by atoms with E-state index >= 15 is 8.78 Å². The fourth-order valence-corrected chi connectivity index (χ4v) is 10.3. The first kappa shape index (κ1) is 39.9. The van der Waals surface area contributed by atoms with Gasteiger partial charge in [0.15, 0.2) is 17.4 Å². The van der Waals surface area contributed by atoms with Crippen LogP contribution in [0.15, 0.2) is 36.7 Å². The number of carbonyl (C=O) groups excluding carboxylic acids is 3. The van der Waals surface area contributed by atoms with E-state index < -0.39 is 35.2 Å². The molecule has 2 N–H and O–H groups in total. The molecule has 2 aromatic carbocycles. The second-order valence-electron chi connectivity index (χ2n) is 18.6. The summed E-state index contributed by atoms with van der Waals surface area (Å²) in [7, 11) is 0. The Morgan fingerprint density at radius 1 is 0.869 bits per heavy atom. The average Bonchev–Trinajstić information content (AvgIpc) is 3.69. The maximum Gasteiger partial charge on any atom is 0.255 e. The molecule has 4 saturated heterocycles. The van der Waals surface area contributed by atoms with Gasteiger partial charge in [-0.05, 0) is 101 Å². The lowest BCUT2D eigenvalue weighted by atomic mass is 9.80. The molecule has 1 unspecified atom stereocenters. The number of nitrogens with zero attached hydrogens (tertiary/aromatic N) is 7. The second-order valence-corrected chi connectivity index (χ2v) is 18.6. The number of H-pyrrole nitrogens is 1. The molecule has 0 spiro atoms. The number of hydrogen-bond donors (Lipinski definition) is 2. The van der Waals surface area contributed by atoms with Crippen LogP contribution in [0, 0.1) is 23.5 Å². The minimum Gasteiger partial charge on any atom is -0.484 e. The molecular weight excluding hydrogens is 788 g/mol. The monoisotopic (exact) mass is 839 g/mol. The van der Waals surface area contributed by atoms with Crippen molar-refractivity contribution in [2.24, 2.45) is 11.8 Å². The van der Waals surface area contributed by atoms with Gasteiger partial charge in [-0.3, -0.25) is 24.8 Å². The van der Waals surface area contributed by atoms with E-state index in [-0.39, 0.29) is 53.7 Å². The van der Waals surface area contributed by atoms with E-state index in [1.807, 2.05) is 17.9 Å². The van der Waals surface area contributed by atoms with Crippen molar-refractivity contribution in [1.29, 1.82) is 0 Å². The summed E-state index contributed by atoms with van der Waals surface area (Å²) in [5, 5.41) is 10.5. The SMILES string of the molecule is CC1(Oc2cc3c(-c4cc(N5CCC(CN6CCC(F)(CC7CCN(c8ccc9c(c8F)CN(C8CCC(=O)NC8=O)C9=O)CC7)CC6)CC5)ncn4)n[nH]c3cc2F)CC1. The molecule has 6 aliphatic rings. The number of halogens is 3. The van der Waals surface area contributed by atoms with Gasteiger partial charge >= 0.3 is 0 Å². The van der Waals surface area contributed by atoms with Crippen LogP contribution < -0.4 is 19.9 Å². The Labute approximate surface area is 352 Å². The number of carbonyl (C=O) groups is 3. The standard InChI is InChI=1S/C45H52F3N9O4/c1-44(10-11-44)61-37-20-30-33(21-32(37)46)52-53-41(30)34-22-38(50-26-49-34)56-16-8-28(9-17-56)24-54-18-12-45(48,13-19-54)23-27-6-14-55(15-7-27)35-3-2-29-31(40(35)47)25-57(43(29)60)36-4-5-39(58)51-42(36)59/h2-3,20-22,26-28,36H,4-19,23-25H2,1H3,(H,52,53)(H,51,58,59). The largest absolute Gasteiger partial charge is 0.484 e. The van der Waals surface area contributed by atoms with Crippen LogP contribution in [0.3, 0.4) is 0 Å². The van der Waals surface area contributed by atoms with Crippen molar-refractivity contribution < 1.29 is 32.3 Å². The highest BCUT2D eigenvalue weighted by Gasteiger charge is 2.43. The van der Waals surface area contributed by atoms with Gasteiger partial charge in [0, 0.05) is 80.9 Å². The normalized spacial score (nSPS) is 23.4. The zero-order chi connectivity index (χ0) is 42.0. The molecule has 7 heterocycles. The fourth-order valence-electron chi connectivity index (χ4n) is 10.3. The quantitative estimate of drug-likeness (QED) is 0.175. The second kappa shape index (κ2) is 15.6. The van der Waals surface area contributed by atoms with Crippen LogP contribution in [-0.4, -0.2) is 111 Å². The van der Waals surface area contributed by atoms with Gasteiger partial charge in [0.05, 0.1) is 23.4 Å². The number of piperidine rings is 4. The Bertz CT molecular complexity index is 2360. The van der Waals surface area contributed by atoms with Gasteiger partial charge in [0.2, 0.25) is 11.8 Å². The molecule has 0 radical (unpaired) electrons. The molecule has 3 amide bonds. The minimum absolute atomic E-state index is 0.00498. The highest BCUT2D eigenvalue weighted by atomic mass is 19.1. The Morgan fingerprint density at radius 2 is 1.61 bits per heavy atom. The molecule has 1 saturated carbocycles. The number of benzene rings is 2. The number of aromatic amines is 1.